The molecule has 4 nitrogen and oxygen atoms in total. The van der Waals surface area contributed by atoms with Crippen LogP contribution in [0.4, 0.5) is 0 Å². The van der Waals surface area contributed by atoms with Crippen molar-refractivity contribution in [3.05, 3.63) is 28.2 Å². The SMILES string of the molecule is CCOc1ccc(Br)cc1[C@H](N)CC(=O)OC.Cl. The summed E-state index contributed by atoms with van der Waals surface area (Å²) in [5.41, 5.74) is 6.77. The first-order valence-corrected chi connectivity index (χ1v) is 6.12. The van der Waals surface area contributed by atoms with E-state index in [9.17, 15) is 4.79 Å². The van der Waals surface area contributed by atoms with Gasteiger partial charge in [-0.3, -0.25) is 4.79 Å². The quantitative estimate of drug-likeness (QED) is 0.839. The van der Waals surface area contributed by atoms with Gasteiger partial charge in [-0.05, 0) is 25.1 Å². The van der Waals surface area contributed by atoms with E-state index < -0.39 is 6.04 Å². The number of ether oxygens (including phenoxy) is 2. The summed E-state index contributed by atoms with van der Waals surface area (Å²) in [5, 5.41) is 0. The standard InChI is InChI=1S/C12H16BrNO3.ClH/c1-3-17-11-5-4-8(13)6-9(11)10(14)7-12(15)16-2;/h4-6,10H,3,7,14H2,1-2H3;1H/t10-;/m1./s1. The van der Waals surface area contributed by atoms with Gasteiger partial charge in [0.2, 0.25) is 0 Å². The van der Waals surface area contributed by atoms with Crippen LogP contribution in [0.2, 0.25) is 0 Å². The van der Waals surface area contributed by atoms with Crippen molar-refractivity contribution in [3.8, 4) is 5.75 Å². The zero-order valence-corrected chi connectivity index (χ0v) is 12.7. The normalized spacial score (nSPS) is 11.3. The van der Waals surface area contributed by atoms with Gasteiger partial charge in [0.05, 0.1) is 20.1 Å². The maximum absolute atomic E-state index is 11.2. The minimum Gasteiger partial charge on any atom is -0.494 e. The van der Waals surface area contributed by atoms with E-state index in [4.69, 9.17) is 10.5 Å². The van der Waals surface area contributed by atoms with E-state index in [-0.39, 0.29) is 24.8 Å². The van der Waals surface area contributed by atoms with Crippen LogP contribution >= 0.6 is 28.3 Å². The van der Waals surface area contributed by atoms with Crippen molar-refractivity contribution >= 4 is 34.3 Å². The maximum Gasteiger partial charge on any atom is 0.307 e. The van der Waals surface area contributed by atoms with Gasteiger partial charge in [-0.25, -0.2) is 0 Å². The molecule has 1 aromatic carbocycles. The van der Waals surface area contributed by atoms with Gasteiger partial charge in [0, 0.05) is 16.1 Å². The summed E-state index contributed by atoms with van der Waals surface area (Å²) in [5.74, 6) is 0.368. The average molecular weight is 339 g/mol. The van der Waals surface area contributed by atoms with Crippen molar-refractivity contribution in [3.63, 3.8) is 0 Å². The fourth-order valence-corrected chi connectivity index (χ4v) is 1.85. The van der Waals surface area contributed by atoms with Crippen LogP contribution in [0.1, 0.15) is 24.9 Å². The molecule has 0 spiro atoms. The topological polar surface area (TPSA) is 61.5 Å². The second-order valence-corrected chi connectivity index (χ2v) is 4.42. The van der Waals surface area contributed by atoms with Gasteiger partial charge in [-0.15, -0.1) is 12.4 Å². The molecular weight excluding hydrogens is 321 g/mol. The van der Waals surface area contributed by atoms with Gasteiger partial charge >= 0.3 is 5.97 Å². The van der Waals surface area contributed by atoms with Gasteiger partial charge in [0.1, 0.15) is 5.75 Å². The molecule has 6 heteroatoms. The Labute approximate surface area is 121 Å². The minimum atomic E-state index is -0.429. The fourth-order valence-electron chi connectivity index (χ4n) is 1.47. The summed E-state index contributed by atoms with van der Waals surface area (Å²) < 4.78 is 11.0. The molecule has 0 fully saturated rings. The number of nitrogens with two attached hydrogens (primary N) is 1. The molecule has 18 heavy (non-hydrogen) atoms. The highest BCUT2D eigenvalue weighted by atomic mass is 79.9. The Hall–Kier alpha value is -0.780. The highest BCUT2D eigenvalue weighted by Crippen LogP contribution is 2.29. The zero-order chi connectivity index (χ0) is 12.8. The summed E-state index contributed by atoms with van der Waals surface area (Å²) in [7, 11) is 1.35. The van der Waals surface area contributed by atoms with Crippen molar-refractivity contribution in [2.75, 3.05) is 13.7 Å². The molecule has 0 heterocycles. The van der Waals surface area contributed by atoms with Crippen molar-refractivity contribution in [2.24, 2.45) is 5.73 Å². The van der Waals surface area contributed by atoms with Crippen molar-refractivity contribution in [2.45, 2.75) is 19.4 Å². The molecule has 1 aromatic rings. The first-order chi connectivity index (χ1) is 8.08. The van der Waals surface area contributed by atoms with Gasteiger partial charge in [0.25, 0.3) is 0 Å². The molecule has 1 rings (SSSR count). The monoisotopic (exact) mass is 337 g/mol. The summed E-state index contributed by atoms with van der Waals surface area (Å²) in [4.78, 5) is 11.2. The smallest absolute Gasteiger partial charge is 0.307 e. The third-order valence-corrected chi connectivity index (χ3v) is 2.78. The van der Waals surface area contributed by atoms with E-state index in [0.29, 0.717) is 12.4 Å². The molecule has 102 valence electrons. The predicted octanol–water partition coefficient (Wildman–Crippen LogP) is 2.83. The molecule has 0 aliphatic rings. The fraction of sp³-hybridized carbons (Fsp3) is 0.417. The number of rotatable bonds is 5. The van der Waals surface area contributed by atoms with Crippen LogP contribution < -0.4 is 10.5 Å². The van der Waals surface area contributed by atoms with Gasteiger partial charge < -0.3 is 15.2 Å². The first-order valence-electron chi connectivity index (χ1n) is 5.33. The van der Waals surface area contributed by atoms with Crippen LogP contribution in [0.3, 0.4) is 0 Å². The van der Waals surface area contributed by atoms with E-state index in [0.717, 1.165) is 10.0 Å². The number of benzene rings is 1. The second-order valence-electron chi connectivity index (χ2n) is 3.50. The summed E-state index contributed by atoms with van der Waals surface area (Å²) in [6, 6.07) is 5.14. The van der Waals surface area contributed by atoms with E-state index in [1.54, 1.807) is 0 Å². The minimum absolute atomic E-state index is 0. The maximum atomic E-state index is 11.2. The Morgan fingerprint density at radius 2 is 2.17 bits per heavy atom. The van der Waals surface area contributed by atoms with Crippen molar-refractivity contribution in [1.82, 2.24) is 0 Å². The largest absolute Gasteiger partial charge is 0.494 e. The van der Waals surface area contributed by atoms with Crippen LogP contribution in [-0.4, -0.2) is 19.7 Å². The van der Waals surface area contributed by atoms with E-state index >= 15 is 0 Å². The lowest BCUT2D eigenvalue weighted by Crippen LogP contribution is -2.17. The molecule has 0 aromatic heterocycles. The Kier molecular flexibility index (Phi) is 7.98. The number of hydrogen-bond acceptors (Lipinski definition) is 4. The van der Waals surface area contributed by atoms with Crippen LogP contribution in [0, 0.1) is 0 Å². The molecule has 0 amide bonds. The Morgan fingerprint density at radius 1 is 1.50 bits per heavy atom. The molecule has 0 bridgehead atoms. The number of halogens is 2. The van der Waals surface area contributed by atoms with E-state index in [1.807, 2.05) is 25.1 Å². The van der Waals surface area contributed by atoms with Crippen molar-refractivity contribution in [1.29, 1.82) is 0 Å². The second kappa shape index (κ2) is 8.34. The van der Waals surface area contributed by atoms with Crippen molar-refractivity contribution < 1.29 is 14.3 Å². The Bertz CT molecular complexity index is 401. The molecule has 2 N–H and O–H groups in total. The van der Waals surface area contributed by atoms with Crippen LogP contribution in [0.5, 0.6) is 5.75 Å². The molecule has 0 radical (unpaired) electrons. The Morgan fingerprint density at radius 3 is 2.72 bits per heavy atom. The number of hydrogen-bond donors (Lipinski definition) is 1. The molecule has 0 aliphatic heterocycles. The number of methoxy groups -OCH3 is 1. The summed E-state index contributed by atoms with van der Waals surface area (Å²) in [6.45, 7) is 2.46. The van der Waals surface area contributed by atoms with Crippen LogP contribution in [0.25, 0.3) is 0 Å². The molecule has 0 saturated carbocycles. The summed E-state index contributed by atoms with van der Waals surface area (Å²) >= 11 is 3.37. The highest BCUT2D eigenvalue weighted by molar-refractivity contribution is 9.10. The van der Waals surface area contributed by atoms with E-state index in [2.05, 4.69) is 20.7 Å². The van der Waals surface area contributed by atoms with Gasteiger partial charge in [-0.1, -0.05) is 15.9 Å². The number of esters is 1. The lowest BCUT2D eigenvalue weighted by Gasteiger charge is -2.16. The Balaban J connectivity index is 0.00000289. The van der Waals surface area contributed by atoms with Crippen LogP contribution in [-0.2, 0) is 9.53 Å². The van der Waals surface area contributed by atoms with Gasteiger partial charge in [-0.2, -0.15) is 0 Å². The molecule has 1 atom stereocenters. The molecule has 0 saturated heterocycles. The van der Waals surface area contributed by atoms with E-state index in [1.165, 1.54) is 7.11 Å². The zero-order valence-electron chi connectivity index (χ0n) is 10.3. The lowest BCUT2D eigenvalue weighted by atomic mass is 10.0. The lowest BCUT2D eigenvalue weighted by molar-refractivity contribution is -0.141. The molecule has 0 aliphatic carbocycles. The molecular formula is C12H17BrClNO3. The third-order valence-electron chi connectivity index (χ3n) is 2.29. The number of carbonyl (C=O) groups is 1. The first kappa shape index (κ1) is 17.2. The third kappa shape index (κ3) is 4.84. The highest BCUT2D eigenvalue weighted by Gasteiger charge is 2.16. The van der Waals surface area contributed by atoms with Crippen LogP contribution in [0.15, 0.2) is 22.7 Å². The summed E-state index contributed by atoms with van der Waals surface area (Å²) in [6.07, 6.45) is 0.132. The number of carbonyl (C=O) groups excluding carboxylic acids is 1. The average Bonchev–Trinajstić information content (AvgIpc) is 2.31. The predicted molar refractivity (Wildman–Crippen MR) is 76.1 cm³/mol. The molecule has 0 unspecified atom stereocenters. The van der Waals surface area contributed by atoms with Gasteiger partial charge in [0.15, 0.2) is 0 Å².